The Balaban J connectivity index is 2.17. The van der Waals surface area contributed by atoms with E-state index in [4.69, 9.17) is 0 Å². The zero-order chi connectivity index (χ0) is 13.2. The molecule has 1 aromatic carbocycles. The summed E-state index contributed by atoms with van der Waals surface area (Å²) in [5.74, 6) is 0. The molecule has 100 valence electrons. The highest BCUT2D eigenvalue weighted by atomic mass is 32.2. The van der Waals surface area contributed by atoms with E-state index >= 15 is 0 Å². The van der Waals surface area contributed by atoms with E-state index in [0.29, 0.717) is 18.0 Å². The molecule has 1 aliphatic heterocycles. The summed E-state index contributed by atoms with van der Waals surface area (Å²) in [6.45, 7) is 7.81. The third kappa shape index (κ3) is 2.74. The predicted octanol–water partition coefficient (Wildman–Crippen LogP) is 1.32. The zero-order valence-corrected chi connectivity index (χ0v) is 11.8. The Bertz CT molecular complexity index is 505. The van der Waals surface area contributed by atoms with Crippen molar-refractivity contribution in [1.82, 2.24) is 9.21 Å². The predicted molar refractivity (Wildman–Crippen MR) is 72.1 cm³/mol. The molecule has 0 amide bonds. The normalized spacial score (nSPS) is 19.0. The first-order valence-electron chi connectivity index (χ1n) is 6.33. The van der Waals surface area contributed by atoms with Gasteiger partial charge >= 0.3 is 0 Å². The number of sulfonamides is 1. The second-order valence-corrected chi connectivity index (χ2v) is 6.59. The van der Waals surface area contributed by atoms with Gasteiger partial charge in [-0.25, -0.2) is 8.42 Å². The maximum atomic E-state index is 12.4. The van der Waals surface area contributed by atoms with Crippen LogP contribution >= 0.6 is 0 Å². The molecule has 1 saturated heterocycles. The summed E-state index contributed by atoms with van der Waals surface area (Å²) >= 11 is 0. The van der Waals surface area contributed by atoms with Gasteiger partial charge in [0.05, 0.1) is 4.90 Å². The van der Waals surface area contributed by atoms with Crippen molar-refractivity contribution in [1.29, 1.82) is 0 Å². The van der Waals surface area contributed by atoms with Crippen molar-refractivity contribution in [3.8, 4) is 0 Å². The average molecular weight is 268 g/mol. The lowest BCUT2D eigenvalue weighted by atomic mass is 10.2. The summed E-state index contributed by atoms with van der Waals surface area (Å²) in [7, 11) is -3.31. The van der Waals surface area contributed by atoms with E-state index in [1.807, 2.05) is 13.0 Å². The Morgan fingerprint density at radius 2 is 1.83 bits per heavy atom. The Kier molecular flexibility index (Phi) is 4.04. The van der Waals surface area contributed by atoms with Gasteiger partial charge in [-0.3, -0.25) is 0 Å². The molecule has 1 heterocycles. The Labute approximate surface area is 109 Å². The van der Waals surface area contributed by atoms with Crippen LogP contribution in [0.25, 0.3) is 0 Å². The second-order valence-electron chi connectivity index (χ2n) is 4.65. The number of aryl methyl sites for hydroxylation is 1. The van der Waals surface area contributed by atoms with Crippen molar-refractivity contribution in [3.05, 3.63) is 29.8 Å². The van der Waals surface area contributed by atoms with Gasteiger partial charge in [0.15, 0.2) is 0 Å². The van der Waals surface area contributed by atoms with Gasteiger partial charge < -0.3 is 4.90 Å². The largest absolute Gasteiger partial charge is 0.301 e. The van der Waals surface area contributed by atoms with Crippen molar-refractivity contribution >= 4 is 10.0 Å². The molecule has 2 rings (SSSR count). The Hall–Kier alpha value is -0.910. The van der Waals surface area contributed by atoms with Crippen LogP contribution in [0.4, 0.5) is 0 Å². The van der Waals surface area contributed by atoms with Crippen molar-refractivity contribution in [2.24, 2.45) is 0 Å². The fourth-order valence-corrected chi connectivity index (χ4v) is 3.74. The van der Waals surface area contributed by atoms with E-state index in [2.05, 4.69) is 11.8 Å². The maximum absolute atomic E-state index is 12.4. The Morgan fingerprint density at radius 1 is 1.17 bits per heavy atom. The summed E-state index contributed by atoms with van der Waals surface area (Å²) < 4.78 is 26.5. The number of likely N-dealkylation sites (N-methyl/N-ethyl adjacent to an activating group) is 1. The first-order valence-corrected chi connectivity index (χ1v) is 7.77. The van der Waals surface area contributed by atoms with Gasteiger partial charge in [0.25, 0.3) is 0 Å². The average Bonchev–Trinajstić information content (AvgIpc) is 2.39. The van der Waals surface area contributed by atoms with Crippen LogP contribution in [-0.2, 0) is 10.0 Å². The van der Waals surface area contributed by atoms with E-state index < -0.39 is 10.0 Å². The fraction of sp³-hybridized carbons (Fsp3) is 0.538. The quantitative estimate of drug-likeness (QED) is 0.830. The van der Waals surface area contributed by atoms with Crippen molar-refractivity contribution in [3.63, 3.8) is 0 Å². The first-order chi connectivity index (χ1) is 8.54. The van der Waals surface area contributed by atoms with Crippen LogP contribution in [0.15, 0.2) is 29.2 Å². The summed E-state index contributed by atoms with van der Waals surface area (Å²) in [5, 5.41) is 0. The molecule has 0 unspecified atom stereocenters. The molecule has 1 aliphatic rings. The SMILES string of the molecule is CCN1CCN(S(=O)(=O)c2cccc(C)c2)CC1. The molecule has 0 N–H and O–H groups in total. The number of hydrogen-bond acceptors (Lipinski definition) is 3. The van der Waals surface area contributed by atoms with Gasteiger partial charge in [0, 0.05) is 26.2 Å². The third-order valence-electron chi connectivity index (χ3n) is 3.41. The van der Waals surface area contributed by atoms with Crippen LogP contribution in [0.2, 0.25) is 0 Å². The van der Waals surface area contributed by atoms with Crippen LogP contribution < -0.4 is 0 Å². The lowest BCUT2D eigenvalue weighted by molar-refractivity contribution is 0.196. The van der Waals surface area contributed by atoms with E-state index in [9.17, 15) is 8.42 Å². The second kappa shape index (κ2) is 5.38. The molecule has 0 aliphatic carbocycles. The van der Waals surface area contributed by atoms with Gasteiger partial charge in [-0.1, -0.05) is 19.1 Å². The van der Waals surface area contributed by atoms with E-state index in [0.717, 1.165) is 25.2 Å². The lowest BCUT2D eigenvalue weighted by Crippen LogP contribution is -2.48. The fourth-order valence-electron chi connectivity index (χ4n) is 2.21. The van der Waals surface area contributed by atoms with Gasteiger partial charge in [0.2, 0.25) is 10.0 Å². The summed E-state index contributed by atoms with van der Waals surface area (Å²) in [6, 6.07) is 7.12. The van der Waals surface area contributed by atoms with E-state index in [-0.39, 0.29) is 0 Å². The summed E-state index contributed by atoms with van der Waals surface area (Å²) in [4.78, 5) is 2.68. The third-order valence-corrected chi connectivity index (χ3v) is 5.30. The maximum Gasteiger partial charge on any atom is 0.243 e. The minimum absolute atomic E-state index is 0.410. The monoisotopic (exact) mass is 268 g/mol. The number of benzene rings is 1. The molecule has 18 heavy (non-hydrogen) atoms. The zero-order valence-electron chi connectivity index (χ0n) is 11.0. The van der Waals surface area contributed by atoms with E-state index in [1.54, 1.807) is 22.5 Å². The van der Waals surface area contributed by atoms with Gasteiger partial charge in [-0.05, 0) is 31.2 Å². The van der Waals surface area contributed by atoms with Crippen molar-refractivity contribution in [2.75, 3.05) is 32.7 Å². The number of hydrogen-bond donors (Lipinski definition) is 0. The first kappa shape index (κ1) is 13.5. The number of piperazine rings is 1. The van der Waals surface area contributed by atoms with Gasteiger partial charge in [-0.2, -0.15) is 4.31 Å². The van der Waals surface area contributed by atoms with Crippen LogP contribution in [-0.4, -0.2) is 50.3 Å². The Morgan fingerprint density at radius 3 is 2.39 bits per heavy atom. The molecule has 0 bridgehead atoms. The number of rotatable bonds is 3. The highest BCUT2D eigenvalue weighted by Crippen LogP contribution is 2.18. The molecule has 1 fully saturated rings. The molecule has 4 nitrogen and oxygen atoms in total. The molecule has 5 heteroatoms. The van der Waals surface area contributed by atoms with Crippen LogP contribution in [0.3, 0.4) is 0 Å². The molecular formula is C13H20N2O2S. The summed E-state index contributed by atoms with van der Waals surface area (Å²) in [6.07, 6.45) is 0. The molecule has 1 aromatic rings. The lowest BCUT2D eigenvalue weighted by Gasteiger charge is -2.33. The molecule has 0 aromatic heterocycles. The number of nitrogens with zero attached hydrogens (tertiary/aromatic N) is 2. The topological polar surface area (TPSA) is 40.6 Å². The smallest absolute Gasteiger partial charge is 0.243 e. The molecule has 0 saturated carbocycles. The minimum Gasteiger partial charge on any atom is -0.301 e. The summed E-state index contributed by atoms with van der Waals surface area (Å²) in [5.41, 5.74) is 0.975. The van der Waals surface area contributed by atoms with Gasteiger partial charge in [0.1, 0.15) is 0 Å². The van der Waals surface area contributed by atoms with Gasteiger partial charge in [-0.15, -0.1) is 0 Å². The van der Waals surface area contributed by atoms with Crippen LogP contribution in [0.1, 0.15) is 12.5 Å². The van der Waals surface area contributed by atoms with Crippen LogP contribution in [0.5, 0.6) is 0 Å². The molecular weight excluding hydrogens is 248 g/mol. The highest BCUT2D eigenvalue weighted by Gasteiger charge is 2.27. The van der Waals surface area contributed by atoms with E-state index in [1.165, 1.54) is 0 Å². The molecule has 0 radical (unpaired) electrons. The standard InChI is InChI=1S/C13H20N2O2S/c1-3-14-7-9-15(10-8-14)18(16,17)13-6-4-5-12(2)11-13/h4-6,11H,3,7-10H2,1-2H3. The van der Waals surface area contributed by atoms with Crippen molar-refractivity contribution < 1.29 is 8.42 Å². The minimum atomic E-state index is -3.31. The van der Waals surface area contributed by atoms with Crippen molar-refractivity contribution in [2.45, 2.75) is 18.7 Å². The highest BCUT2D eigenvalue weighted by molar-refractivity contribution is 7.89. The molecule has 0 atom stereocenters. The molecule has 0 spiro atoms. The van der Waals surface area contributed by atoms with Crippen LogP contribution in [0, 0.1) is 6.92 Å².